The number of anilines is 1. The van der Waals surface area contributed by atoms with E-state index in [1.807, 2.05) is 0 Å². The van der Waals surface area contributed by atoms with Crippen LogP contribution in [0.1, 0.15) is 29.2 Å². The monoisotopic (exact) mass is 400 g/mol. The number of carboxylic acids is 1. The molecule has 6 nitrogen and oxygen atoms in total. The first-order valence-electron chi connectivity index (χ1n) is 6.77. The van der Waals surface area contributed by atoms with E-state index in [0.29, 0.717) is 12.8 Å². The van der Waals surface area contributed by atoms with Gasteiger partial charge < -0.3 is 20.1 Å². The van der Waals surface area contributed by atoms with E-state index in [1.165, 1.54) is 0 Å². The van der Waals surface area contributed by atoms with Crippen molar-refractivity contribution in [2.45, 2.75) is 25.5 Å². The maximum absolute atomic E-state index is 14.1. The Morgan fingerprint density at radius 1 is 1.26 bits per heavy atom. The van der Waals surface area contributed by atoms with Gasteiger partial charge in [0.25, 0.3) is 0 Å². The highest BCUT2D eigenvalue weighted by atomic mass is 19.3. The molecule has 0 amide bonds. The Balaban J connectivity index is 0.00000225. The first-order chi connectivity index (χ1) is 11.2. The van der Waals surface area contributed by atoms with Crippen LogP contribution in [-0.2, 0) is 0 Å². The van der Waals surface area contributed by atoms with Gasteiger partial charge >= 0.3 is 12.6 Å². The van der Waals surface area contributed by atoms with Gasteiger partial charge in [-0.05, 0) is 12.8 Å². The van der Waals surface area contributed by atoms with Crippen LogP contribution in [-0.4, -0.2) is 30.7 Å². The molecule has 0 saturated heterocycles. The number of benzene rings is 1. The SMILES string of the molecule is B.F.F.Nc1c(F)c(F)c(OC(F)F)c2c1c(=O)c(C(=O)O)cn2C1CC1. The zero-order valence-electron chi connectivity index (χ0n) is 12.7. The molecule has 0 unspecified atom stereocenters. The molecule has 3 rings (SSSR count). The second-order valence-electron chi connectivity index (χ2n) is 5.29. The van der Waals surface area contributed by atoms with E-state index in [0.717, 1.165) is 10.8 Å². The maximum Gasteiger partial charge on any atom is 0.387 e. The number of carbonyl (C=O) groups is 1. The van der Waals surface area contributed by atoms with Gasteiger partial charge in [0.2, 0.25) is 11.2 Å². The van der Waals surface area contributed by atoms with E-state index in [4.69, 9.17) is 10.8 Å². The van der Waals surface area contributed by atoms with Crippen molar-refractivity contribution in [1.82, 2.24) is 4.57 Å². The number of hydrogen-bond acceptors (Lipinski definition) is 4. The molecule has 0 atom stereocenters. The number of carboxylic acid groups (broad SMARTS) is 1. The Morgan fingerprint density at radius 3 is 2.26 bits per heavy atom. The van der Waals surface area contributed by atoms with Gasteiger partial charge in [0, 0.05) is 12.2 Å². The molecule has 0 radical (unpaired) electrons. The van der Waals surface area contributed by atoms with Crippen LogP contribution in [0.4, 0.5) is 32.7 Å². The molecule has 1 aliphatic carbocycles. The number of pyridine rings is 1. The van der Waals surface area contributed by atoms with Gasteiger partial charge in [-0.2, -0.15) is 13.2 Å². The average Bonchev–Trinajstić information content (AvgIpc) is 3.33. The fourth-order valence-electron chi connectivity index (χ4n) is 2.54. The summed E-state index contributed by atoms with van der Waals surface area (Å²) in [6.45, 7) is -3.48. The number of hydrogen-bond donors (Lipinski definition) is 2. The van der Waals surface area contributed by atoms with Crippen molar-refractivity contribution in [1.29, 1.82) is 0 Å². The summed E-state index contributed by atoms with van der Waals surface area (Å²) in [5, 5.41) is 8.41. The van der Waals surface area contributed by atoms with E-state index < -0.39 is 57.5 Å². The summed E-state index contributed by atoms with van der Waals surface area (Å²) in [5.41, 5.74) is 2.05. The van der Waals surface area contributed by atoms with Gasteiger partial charge in [-0.1, -0.05) is 0 Å². The van der Waals surface area contributed by atoms with Crippen LogP contribution in [0.3, 0.4) is 0 Å². The molecule has 27 heavy (non-hydrogen) atoms. The third kappa shape index (κ3) is 3.81. The predicted octanol–water partition coefficient (Wildman–Crippen LogP) is 1.62. The number of nitrogens with zero attached hydrogens (tertiary/aromatic N) is 1. The molecule has 0 aliphatic heterocycles. The topological polar surface area (TPSA) is 94.6 Å². The zero-order chi connectivity index (χ0) is 17.8. The molecule has 1 fully saturated rings. The molecule has 1 heterocycles. The first kappa shape index (κ1) is 24.1. The number of halogens is 6. The first-order valence-corrected chi connectivity index (χ1v) is 6.77. The van der Waals surface area contributed by atoms with Crippen molar-refractivity contribution in [2.24, 2.45) is 0 Å². The molecule has 1 aliphatic rings. The number of fused-ring (bicyclic) bond motifs is 1. The van der Waals surface area contributed by atoms with Gasteiger partial charge in [-0.3, -0.25) is 14.2 Å². The smallest absolute Gasteiger partial charge is 0.387 e. The lowest BCUT2D eigenvalue weighted by molar-refractivity contribution is -0.0516. The quantitative estimate of drug-likeness (QED) is 0.462. The van der Waals surface area contributed by atoms with Crippen LogP contribution in [0.2, 0.25) is 0 Å². The minimum absolute atomic E-state index is 0. The highest BCUT2D eigenvalue weighted by Gasteiger charge is 2.32. The fourth-order valence-corrected chi connectivity index (χ4v) is 2.54. The van der Waals surface area contributed by atoms with Crippen molar-refractivity contribution >= 4 is 31.0 Å². The molecular formula is C14H15BF6N2O4. The van der Waals surface area contributed by atoms with Gasteiger partial charge in [0.05, 0.1) is 19.5 Å². The third-order valence-corrected chi connectivity index (χ3v) is 3.73. The molecule has 13 heteroatoms. The summed E-state index contributed by atoms with van der Waals surface area (Å²) in [6, 6.07) is -0.351. The highest BCUT2D eigenvalue weighted by molar-refractivity contribution is 6.00. The van der Waals surface area contributed by atoms with Crippen molar-refractivity contribution in [2.75, 3.05) is 5.73 Å². The Bertz CT molecular complexity index is 932. The molecule has 0 spiro atoms. The van der Waals surface area contributed by atoms with Crippen LogP contribution >= 0.6 is 0 Å². The average molecular weight is 400 g/mol. The number of nitrogens with two attached hydrogens (primary N) is 1. The Kier molecular flexibility index (Phi) is 7.36. The largest absolute Gasteiger partial charge is 0.477 e. The highest BCUT2D eigenvalue weighted by Crippen LogP contribution is 2.42. The minimum Gasteiger partial charge on any atom is -0.477 e. The lowest BCUT2D eigenvalue weighted by Crippen LogP contribution is -2.22. The molecule has 1 aromatic carbocycles. The zero-order valence-corrected chi connectivity index (χ0v) is 12.7. The second kappa shape index (κ2) is 8.23. The standard InChI is InChI=1S/C14H10F4N2O4.BH3.2FH/c15-7-8(16)12(24-14(17)18)10-6(9(7)19)11(21)5(13(22)23)3-20(10)4-1-2-4;;;/h3-4,14H,1-2,19H2,(H,22,23);1H3;2*1H. The Morgan fingerprint density at radius 2 is 1.81 bits per heavy atom. The van der Waals surface area contributed by atoms with Crippen LogP contribution in [0.25, 0.3) is 10.9 Å². The fraction of sp³-hybridized carbons (Fsp3) is 0.286. The lowest BCUT2D eigenvalue weighted by Gasteiger charge is -2.18. The summed E-state index contributed by atoms with van der Waals surface area (Å²) >= 11 is 0. The normalized spacial score (nSPS) is 12.8. The van der Waals surface area contributed by atoms with Gasteiger partial charge in [0.15, 0.2) is 11.6 Å². The van der Waals surface area contributed by atoms with Crippen molar-refractivity contribution in [3.8, 4) is 5.75 Å². The molecular weight excluding hydrogens is 385 g/mol. The molecule has 1 saturated carbocycles. The number of aromatic carboxylic acids is 1. The molecule has 2 aromatic rings. The van der Waals surface area contributed by atoms with E-state index in [9.17, 15) is 27.2 Å². The van der Waals surface area contributed by atoms with E-state index in [2.05, 4.69) is 4.74 Å². The number of nitrogen functional groups attached to an aromatic ring is 1. The number of rotatable bonds is 4. The summed E-state index contributed by atoms with van der Waals surface area (Å²) in [6.07, 6.45) is 1.99. The second-order valence-corrected chi connectivity index (χ2v) is 5.29. The number of ether oxygens (including phenoxy) is 1. The van der Waals surface area contributed by atoms with E-state index >= 15 is 0 Å². The van der Waals surface area contributed by atoms with Gasteiger partial charge in [-0.25, -0.2) is 9.18 Å². The van der Waals surface area contributed by atoms with Crippen molar-refractivity contribution in [3.63, 3.8) is 0 Å². The summed E-state index contributed by atoms with van der Waals surface area (Å²) in [5.74, 6) is -6.29. The molecule has 150 valence electrons. The van der Waals surface area contributed by atoms with Gasteiger partial charge in [-0.15, -0.1) is 0 Å². The van der Waals surface area contributed by atoms with E-state index in [1.54, 1.807) is 0 Å². The summed E-state index contributed by atoms with van der Waals surface area (Å²) in [7, 11) is 0. The minimum atomic E-state index is -3.48. The van der Waals surface area contributed by atoms with Crippen LogP contribution in [0, 0.1) is 11.6 Å². The van der Waals surface area contributed by atoms with Crippen LogP contribution in [0.15, 0.2) is 11.0 Å². The lowest BCUT2D eigenvalue weighted by atomic mass is 10.1. The van der Waals surface area contributed by atoms with Crippen molar-refractivity contribution in [3.05, 3.63) is 33.6 Å². The Hall–Kier alpha value is -2.86. The molecule has 1 aromatic heterocycles. The molecule has 0 bridgehead atoms. The maximum atomic E-state index is 14.1. The Labute approximate surface area is 148 Å². The summed E-state index contributed by atoms with van der Waals surface area (Å²) in [4.78, 5) is 23.5. The number of aromatic nitrogens is 1. The van der Waals surface area contributed by atoms with Crippen LogP contribution in [0.5, 0.6) is 5.75 Å². The molecule has 3 N–H and O–H groups in total. The predicted molar refractivity (Wildman–Crippen MR) is 89.3 cm³/mol. The van der Waals surface area contributed by atoms with Gasteiger partial charge in [0.1, 0.15) is 11.1 Å². The third-order valence-electron chi connectivity index (χ3n) is 3.73. The van der Waals surface area contributed by atoms with E-state index in [-0.39, 0.29) is 23.9 Å². The summed E-state index contributed by atoms with van der Waals surface area (Å²) < 4.78 is 58.3. The van der Waals surface area contributed by atoms with Crippen LogP contribution < -0.4 is 15.9 Å². The van der Waals surface area contributed by atoms with Crippen molar-refractivity contribution < 1.29 is 41.6 Å². The number of alkyl halides is 2.